The van der Waals surface area contributed by atoms with Crippen LogP contribution in [0.4, 0.5) is 0 Å². The molecule has 1 N–H and O–H groups in total. The van der Waals surface area contributed by atoms with Crippen molar-refractivity contribution in [1.29, 1.82) is 0 Å². The Balaban J connectivity index is 1.56. The largest absolute Gasteiger partial charge is 0.497 e. The number of aliphatic hydroxyl groups is 1. The monoisotopic (exact) mass is 527 g/mol. The summed E-state index contributed by atoms with van der Waals surface area (Å²) < 4.78 is 13.9. The van der Waals surface area contributed by atoms with Crippen molar-refractivity contribution in [2.24, 2.45) is 11.8 Å². The van der Waals surface area contributed by atoms with Gasteiger partial charge in [0, 0.05) is 23.3 Å². The number of fused-ring (bicyclic) bond motifs is 1. The van der Waals surface area contributed by atoms with Gasteiger partial charge in [-0.15, -0.1) is 0 Å². The minimum absolute atomic E-state index is 0.0993. The van der Waals surface area contributed by atoms with Crippen LogP contribution in [0, 0.1) is 11.8 Å². The Hall–Kier alpha value is -1.86. The summed E-state index contributed by atoms with van der Waals surface area (Å²) in [6, 6.07) is 10.1. The highest BCUT2D eigenvalue weighted by Crippen LogP contribution is 2.46. The molecule has 0 amide bonds. The van der Waals surface area contributed by atoms with E-state index in [0.717, 1.165) is 47.2 Å². The van der Waals surface area contributed by atoms with E-state index in [1.807, 2.05) is 24.3 Å². The third-order valence-corrected chi connectivity index (χ3v) is 11.3. The summed E-state index contributed by atoms with van der Waals surface area (Å²) in [7, 11) is 0.802. The zero-order chi connectivity index (χ0) is 26.0. The Morgan fingerprint density at radius 3 is 2.42 bits per heavy atom. The average molecular weight is 528 g/mol. The minimum Gasteiger partial charge on any atom is -0.497 e. The maximum absolute atomic E-state index is 11.7. The summed E-state index contributed by atoms with van der Waals surface area (Å²) in [6.07, 6.45) is 6.14. The van der Waals surface area contributed by atoms with Gasteiger partial charge in [-0.25, -0.2) is 4.98 Å². The Morgan fingerprint density at radius 2 is 1.81 bits per heavy atom. The van der Waals surface area contributed by atoms with E-state index >= 15 is 0 Å². The second-order valence-corrected chi connectivity index (χ2v) is 14.8. The van der Waals surface area contributed by atoms with Crippen molar-refractivity contribution >= 4 is 31.6 Å². The van der Waals surface area contributed by atoms with Crippen molar-refractivity contribution < 1.29 is 14.6 Å². The summed E-state index contributed by atoms with van der Waals surface area (Å²) in [5.41, 5.74) is 4.04. The van der Waals surface area contributed by atoms with Crippen LogP contribution in [0.2, 0.25) is 16.1 Å². The molecule has 4 unspecified atom stereocenters. The van der Waals surface area contributed by atoms with Gasteiger partial charge < -0.3 is 14.6 Å². The Bertz CT molecular complexity index is 1140. The fraction of sp³-hybridized carbons (Fsp3) is 0.552. The van der Waals surface area contributed by atoms with Gasteiger partial charge in [-0.1, -0.05) is 37.1 Å². The molecule has 0 bridgehead atoms. The molecule has 0 radical (unpaired) electrons. The highest BCUT2D eigenvalue weighted by atomic mass is 35.5. The Labute approximate surface area is 222 Å². The van der Waals surface area contributed by atoms with Crippen LogP contribution in [0.5, 0.6) is 5.75 Å². The predicted molar refractivity (Wildman–Crippen MR) is 149 cm³/mol. The van der Waals surface area contributed by atoms with E-state index in [-0.39, 0.29) is 12.0 Å². The van der Waals surface area contributed by atoms with Crippen molar-refractivity contribution in [1.82, 2.24) is 9.22 Å². The first-order valence-electron chi connectivity index (χ1n) is 13.2. The molecule has 1 aromatic carbocycles. The molecule has 5 nitrogen and oxygen atoms in total. The quantitative estimate of drug-likeness (QED) is 0.279. The first kappa shape index (κ1) is 27.2. The molecule has 1 saturated carbocycles. The standard InChI is InChI=1S/C29H40ClN2O3Si/c1-7-21-14-23(35-17-20-8-10-22(34-6)11-9-20)15-25(21)28(33)27-24-12-13-32(29(24)31-16-26(27)30)36(18(2)3)19(4)5/h8-13,16,18-19,21,23,25,28,33H,7,14-15,17H2,1-6H3/q+1. The molecule has 4 atom stereocenters. The summed E-state index contributed by atoms with van der Waals surface area (Å²) in [4.78, 5) is 4.74. The molecule has 36 heavy (non-hydrogen) atoms. The van der Waals surface area contributed by atoms with Gasteiger partial charge in [0.15, 0.2) is 5.65 Å². The third-order valence-electron chi connectivity index (χ3n) is 7.74. The van der Waals surface area contributed by atoms with Gasteiger partial charge in [0.1, 0.15) is 5.75 Å². The number of aliphatic hydroxyl groups excluding tert-OH is 1. The van der Waals surface area contributed by atoms with Crippen molar-refractivity contribution in [2.45, 2.75) is 83.8 Å². The normalized spacial score (nSPS) is 21.0. The molecule has 0 spiro atoms. The van der Waals surface area contributed by atoms with Crippen molar-refractivity contribution in [3.63, 3.8) is 0 Å². The number of rotatable bonds is 10. The number of hydrogen-bond donors (Lipinski definition) is 1. The Morgan fingerprint density at radius 1 is 1.11 bits per heavy atom. The lowest BCUT2D eigenvalue weighted by molar-refractivity contribution is 0.0332. The van der Waals surface area contributed by atoms with Gasteiger partial charge in [-0.05, 0) is 76.1 Å². The number of pyridine rings is 1. The summed E-state index contributed by atoms with van der Waals surface area (Å²) in [6.45, 7) is 11.9. The van der Waals surface area contributed by atoms with Gasteiger partial charge in [-0.2, -0.15) is 4.23 Å². The molecule has 194 valence electrons. The van der Waals surface area contributed by atoms with E-state index in [1.165, 1.54) is 0 Å². The van der Waals surface area contributed by atoms with Gasteiger partial charge in [0.05, 0.1) is 42.0 Å². The van der Waals surface area contributed by atoms with Crippen LogP contribution in [-0.2, 0) is 11.3 Å². The average Bonchev–Trinajstić information content (AvgIpc) is 3.46. The van der Waals surface area contributed by atoms with Crippen LogP contribution in [0.25, 0.3) is 11.0 Å². The van der Waals surface area contributed by atoms with Crippen LogP contribution in [-0.4, -0.2) is 36.5 Å². The van der Waals surface area contributed by atoms with E-state index in [4.69, 9.17) is 26.1 Å². The number of aromatic nitrogens is 2. The van der Waals surface area contributed by atoms with Crippen LogP contribution < -0.4 is 4.74 Å². The second kappa shape index (κ2) is 11.7. The molecule has 1 aliphatic carbocycles. The first-order valence-corrected chi connectivity index (χ1v) is 15.2. The maximum atomic E-state index is 11.7. The lowest BCUT2D eigenvalue weighted by Crippen LogP contribution is -2.30. The van der Waals surface area contributed by atoms with E-state index in [1.54, 1.807) is 13.3 Å². The fourth-order valence-corrected chi connectivity index (χ4v) is 9.44. The molecule has 0 aliphatic heterocycles. The second-order valence-electron chi connectivity index (χ2n) is 10.7. The molecule has 2 aromatic heterocycles. The Kier molecular flexibility index (Phi) is 8.82. The van der Waals surface area contributed by atoms with Crippen LogP contribution >= 0.6 is 11.6 Å². The fourth-order valence-electron chi connectivity index (χ4n) is 6.06. The summed E-state index contributed by atoms with van der Waals surface area (Å²) in [5.74, 6) is 1.33. The summed E-state index contributed by atoms with van der Waals surface area (Å²) in [5, 5.41) is 13.3. The predicted octanol–water partition coefficient (Wildman–Crippen LogP) is 7.41. The zero-order valence-electron chi connectivity index (χ0n) is 22.4. The van der Waals surface area contributed by atoms with Crippen molar-refractivity contribution in [3.05, 3.63) is 58.9 Å². The van der Waals surface area contributed by atoms with Gasteiger partial charge in [0.25, 0.3) is 0 Å². The lowest BCUT2D eigenvalue weighted by atomic mass is 9.85. The number of methoxy groups -OCH3 is 1. The molecule has 2 heterocycles. The SMILES string of the molecule is CCC1CC(OCc2ccc(OC)cc2)CC1C(O)c1c(Cl)cnc2c1ccn2[Si+](C(C)C)C(C)C. The number of ether oxygens (including phenoxy) is 2. The molecule has 1 fully saturated rings. The number of halogens is 1. The number of benzene rings is 1. The molecule has 4 rings (SSSR count). The smallest absolute Gasteiger partial charge is 0.443 e. The molecule has 1 aliphatic rings. The van der Waals surface area contributed by atoms with Gasteiger partial charge >= 0.3 is 8.96 Å². The maximum Gasteiger partial charge on any atom is 0.443 e. The third kappa shape index (κ3) is 5.52. The molecule has 7 heteroatoms. The zero-order valence-corrected chi connectivity index (χ0v) is 24.1. The molecular weight excluding hydrogens is 488 g/mol. The van der Waals surface area contributed by atoms with Gasteiger partial charge in [-0.3, -0.25) is 0 Å². The topological polar surface area (TPSA) is 56.5 Å². The van der Waals surface area contributed by atoms with Crippen LogP contribution in [0.1, 0.15) is 71.1 Å². The van der Waals surface area contributed by atoms with Gasteiger partial charge in [0.2, 0.25) is 0 Å². The van der Waals surface area contributed by atoms with Crippen molar-refractivity contribution in [2.75, 3.05) is 7.11 Å². The minimum atomic E-state index is -0.871. The first-order chi connectivity index (χ1) is 17.2. The molecule has 0 saturated heterocycles. The molecule has 3 aromatic rings. The van der Waals surface area contributed by atoms with Crippen molar-refractivity contribution in [3.8, 4) is 5.75 Å². The van der Waals surface area contributed by atoms with Crippen LogP contribution in [0.3, 0.4) is 0 Å². The highest BCUT2D eigenvalue weighted by molar-refractivity contribution is 6.61. The highest BCUT2D eigenvalue weighted by Gasteiger charge is 2.42. The van der Waals surface area contributed by atoms with E-state index in [9.17, 15) is 5.11 Å². The number of nitrogens with zero attached hydrogens (tertiary/aromatic N) is 2. The van der Waals surface area contributed by atoms with E-state index < -0.39 is 15.1 Å². The number of hydrogen-bond acceptors (Lipinski definition) is 4. The lowest BCUT2D eigenvalue weighted by Gasteiger charge is -2.25. The van der Waals surface area contributed by atoms with Crippen LogP contribution in [0.15, 0.2) is 42.7 Å². The van der Waals surface area contributed by atoms with E-state index in [2.05, 4.69) is 51.1 Å². The van der Waals surface area contributed by atoms with E-state index in [0.29, 0.717) is 28.6 Å². The summed E-state index contributed by atoms with van der Waals surface area (Å²) >= 11 is 6.72. The molecular formula is C29H40ClN2O3Si+.